The van der Waals surface area contributed by atoms with Gasteiger partial charge in [-0.15, -0.1) is 6.58 Å². The second kappa shape index (κ2) is 7.47. The van der Waals surface area contributed by atoms with Crippen molar-refractivity contribution < 1.29 is 9.59 Å². The van der Waals surface area contributed by atoms with Crippen LogP contribution in [0.15, 0.2) is 96.5 Å². The molecule has 152 valence electrons. The van der Waals surface area contributed by atoms with E-state index in [4.69, 9.17) is 4.99 Å². The Bertz CT molecular complexity index is 1190. The number of carbonyl (C=O) groups excluding carboxylic acids is 2. The molecule has 0 saturated heterocycles. The lowest BCUT2D eigenvalue weighted by molar-refractivity contribution is 0.0647. The fourth-order valence-corrected chi connectivity index (χ4v) is 4.82. The average Bonchev–Trinajstić information content (AvgIpc) is 3.26. The highest BCUT2D eigenvalue weighted by Crippen LogP contribution is 2.47. The van der Waals surface area contributed by atoms with Crippen LogP contribution in [0.4, 0.5) is 5.69 Å². The summed E-state index contributed by atoms with van der Waals surface area (Å²) in [7, 11) is 0. The summed E-state index contributed by atoms with van der Waals surface area (Å²) in [5, 5.41) is 0. The van der Waals surface area contributed by atoms with Gasteiger partial charge in [0.1, 0.15) is 0 Å². The Morgan fingerprint density at radius 1 is 0.839 bits per heavy atom. The fourth-order valence-electron chi connectivity index (χ4n) is 4.82. The van der Waals surface area contributed by atoms with E-state index < -0.39 is 5.41 Å². The van der Waals surface area contributed by atoms with Gasteiger partial charge >= 0.3 is 0 Å². The van der Waals surface area contributed by atoms with Crippen molar-refractivity contribution in [2.45, 2.75) is 18.3 Å². The maximum absolute atomic E-state index is 12.9. The molecule has 5 rings (SSSR count). The zero-order chi connectivity index (χ0) is 21.4. The molecule has 0 spiro atoms. The molecule has 3 aromatic rings. The van der Waals surface area contributed by atoms with E-state index in [9.17, 15) is 9.59 Å². The maximum atomic E-state index is 12.9. The highest BCUT2D eigenvalue weighted by molar-refractivity contribution is 6.21. The van der Waals surface area contributed by atoms with Crippen molar-refractivity contribution in [2.24, 2.45) is 4.99 Å². The first kappa shape index (κ1) is 19.2. The molecule has 0 saturated carbocycles. The molecule has 0 fully saturated rings. The van der Waals surface area contributed by atoms with Crippen LogP contribution in [0.5, 0.6) is 0 Å². The van der Waals surface area contributed by atoms with Crippen LogP contribution < -0.4 is 0 Å². The van der Waals surface area contributed by atoms with E-state index in [1.807, 2.05) is 42.5 Å². The number of rotatable bonds is 6. The highest BCUT2D eigenvalue weighted by atomic mass is 16.2. The van der Waals surface area contributed by atoms with Crippen LogP contribution in [0, 0.1) is 0 Å². The Morgan fingerprint density at radius 3 is 2.13 bits per heavy atom. The van der Waals surface area contributed by atoms with E-state index in [0.717, 1.165) is 22.5 Å². The van der Waals surface area contributed by atoms with Crippen molar-refractivity contribution in [3.05, 3.63) is 114 Å². The third-order valence-electron chi connectivity index (χ3n) is 6.29. The molecule has 31 heavy (non-hydrogen) atoms. The molecule has 2 heterocycles. The lowest BCUT2D eigenvalue weighted by atomic mass is 9.70. The van der Waals surface area contributed by atoms with Gasteiger partial charge in [-0.2, -0.15) is 0 Å². The monoisotopic (exact) mass is 406 g/mol. The van der Waals surface area contributed by atoms with E-state index in [-0.39, 0.29) is 11.8 Å². The summed E-state index contributed by atoms with van der Waals surface area (Å²) in [6.07, 6.45) is 3.15. The second-order valence-electron chi connectivity index (χ2n) is 7.98. The number of benzene rings is 3. The molecule has 4 heteroatoms. The van der Waals surface area contributed by atoms with Crippen molar-refractivity contribution in [1.29, 1.82) is 0 Å². The predicted molar refractivity (Wildman–Crippen MR) is 122 cm³/mol. The predicted octanol–water partition coefficient (Wildman–Crippen LogP) is 5.32. The zero-order valence-corrected chi connectivity index (χ0v) is 17.1. The molecule has 3 aromatic carbocycles. The van der Waals surface area contributed by atoms with Gasteiger partial charge in [0.25, 0.3) is 11.8 Å². The molecule has 4 nitrogen and oxygen atoms in total. The normalized spacial score (nSPS) is 19.2. The van der Waals surface area contributed by atoms with Crippen LogP contribution in [0.25, 0.3) is 0 Å². The van der Waals surface area contributed by atoms with Gasteiger partial charge in [0.05, 0.1) is 22.5 Å². The number of para-hydroxylation sites is 1. The SMILES string of the molecule is C=CCC1(CCN2C(=O)c3ccccc3C2=O)C(c2ccccc2)=Nc2ccccc21. The number of carbonyl (C=O) groups is 2. The van der Waals surface area contributed by atoms with E-state index in [1.165, 1.54) is 4.90 Å². The summed E-state index contributed by atoms with van der Waals surface area (Å²) >= 11 is 0. The number of amides is 2. The third kappa shape index (κ3) is 2.95. The van der Waals surface area contributed by atoms with E-state index in [1.54, 1.807) is 24.3 Å². The fraction of sp³-hybridized carbons (Fsp3) is 0.148. The molecule has 2 aliphatic heterocycles. The average molecular weight is 406 g/mol. The van der Waals surface area contributed by atoms with Gasteiger partial charge in [-0.3, -0.25) is 19.5 Å². The van der Waals surface area contributed by atoms with Crippen LogP contribution in [0.2, 0.25) is 0 Å². The molecule has 0 aromatic heterocycles. The van der Waals surface area contributed by atoms with E-state index >= 15 is 0 Å². The largest absolute Gasteiger partial charge is 0.274 e. The number of allylic oxidation sites excluding steroid dienone is 1. The summed E-state index contributed by atoms with van der Waals surface area (Å²) < 4.78 is 0. The topological polar surface area (TPSA) is 49.7 Å². The molecule has 2 amide bonds. The smallest absolute Gasteiger partial charge is 0.261 e. The number of aliphatic imine (C=N–C) groups is 1. The lowest BCUT2D eigenvalue weighted by Gasteiger charge is -2.33. The molecule has 1 unspecified atom stereocenters. The lowest BCUT2D eigenvalue weighted by Crippen LogP contribution is -2.40. The Hall–Kier alpha value is -3.79. The molecule has 0 N–H and O–H groups in total. The van der Waals surface area contributed by atoms with Crippen molar-refractivity contribution in [1.82, 2.24) is 4.90 Å². The van der Waals surface area contributed by atoms with Gasteiger partial charge in [-0.1, -0.05) is 66.7 Å². The minimum Gasteiger partial charge on any atom is -0.274 e. The quantitative estimate of drug-likeness (QED) is 0.411. The van der Waals surface area contributed by atoms with Crippen LogP contribution in [-0.4, -0.2) is 29.0 Å². The standard InChI is InChI=1S/C27H22N2O2/c1-2-16-27(17-18-29-25(30)20-12-6-7-13-21(20)26(29)31)22-14-8-9-15-23(22)28-24(27)19-10-4-3-5-11-19/h2-15H,1,16-18H2. The van der Waals surface area contributed by atoms with E-state index in [2.05, 4.69) is 24.8 Å². The first-order chi connectivity index (χ1) is 15.2. The Morgan fingerprint density at radius 2 is 1.45 bits per heavy atom. The summed E-state index contributed by atoms with van der Waals surface area (Å²) in [5.74, 6) is -0.447. The van der Waals surface area contributed by atoms with E-state index in [0.29, 0.717) is 30.5 Å². The second-order valence-corrected chi connectivity index (χ2v) is 7.98. The molecule has 0 bridgehead atoms. The Labute approximate surface area is 181 Å². The molecule has 2 aliphatic rings. The zero-order valence-electron chi connectivity index (χ0n) is 17.1. The molecule has 0 aliphatic carbocycles. The minimum absolute atomic E-state index is 0.223. The van der Waals surface area contributed by atoms with Crippen LogP contribution in [-0.2, 0) is 5.41 Å². The van der Waals surface area contributed by atoms with Gasteiger partial charge in [0, 0.05) is 12.0 Å². The van der Waals surface area contributed by atoms with Crippen LogP contribution in [0.3, 0.4) is 0 Å². The van der Waals surface area contributed by atoms with Gasteiger partial charge in [-0.25, -0.2) is 0 Å². The number of hydrogen-bond donors (Lipinski definition) is 0. The van der Waals surface area contributed by atoms with Crippen LogP contribution >= 0.6 is 0 Å². The number of fused-ring (bicyclic) bond motifs is 2. The first-order valence-corrected chi connectivity index (χ1v) is 10.5. The first-order valence-electron chi connectivity index (χ1n) is 10.5. The summed E-state index contributed by atoms with van der Waals surface area (Å²) in [5.41, 5.74) is 4.57. The summed E-state index contributed by atoms with van der Waals surface area (Å²) in [6, 6.07) is 25.3. The molecule has 0 radical (unpaired) electrons. The number of hydrogen-bond acceptors (Lipinski definition) is 3. The molecule has 1 atom stereocenters. The van der Waals surface area contributed by atoms with Gasteiger partial charge < -0.3 is 0 Å². The minimum atomic E-state index is -0.449. The van der Waals surface area contributed by atoms with Crippen LogP contribution in [0.1, 0.15) is 44.7 Å². The van der Waals surface area contributed by atoms with Gasteiger partial charge in [-0.05, 0) is 42.2 Å². The number of nitrogens with zero attached hydrogens (tertiary/aromatic N) is 2. The van der Waals surface area contributed by atoms with Gasteiger partial charge in [0.2, 0.25) is 0 Å². The summed E-state index contributed by atoms with van der Waals surface area (Å²) in [4.78, 5) is 32.2. The Kier molecular flexibility index (Phi) is 4.63. The molecular formula is C27H22N2O2. The third-order valence-corrected chi connectivity index (χ3v) is 6.29. The maximum Gasteiger partial charge on any atom is 0.261 e. The van der Waals surface area contributed by atoms with Crippen molar-refractivity contribution >= 4 is 23.2 Å². The summed E-state index contributed by atoms with van der Waals surface area (Å²) in [6.45, 7) is 4.33. The van der Waals surface area contributed by atoms with Crippen molar-refractivity contribution in [3.8, 4) is 0 Å². The van der Waals surface area contributed by atoms with Gasteiger partial charge in [0.15, 0.2) is 0 Å². The van der Waals surface area contributed by atoms with Crippen molar-refractivity contribution in [2.75, 3.05) is 6.54 Å². The number of imide groups is 1. The molecular weight excluding hydrogens is 384 g/mol. The Balaban J connectivity index is 1.54. The van der Waals surface area contributed by atoms with Crippen molar-refractivity contribution in [3.63, 3.8) is 0 Å². The highest BCUT2D eigenvalue weighted by Gasteiger charge is 2.44.